The van der Waals surface area contributed by atoms with Crippen LogP contribution in [0.25, 0.3) is 0 Å². The van der Waals surface area contributed by atoms with Crippen molar-refractivity contribution < 1.29 is 0 Å². The van der Waals surface area contributed by atoms with Crippen LogP contribution >= 0.6 is 0 Å². The van der Waals surface area contributed by atoms with Crippen LogP contribution in [-0.4, -0.2) is 24.5 Å². The van der Waals surface area contributed by atoms with Gasteiger partial charge in [0.15, 0.2) is 0 Å². The van der Waals surface area contributed by atoms with E-state index in [1.807, 2.05) is 20.8 Å². The molecule has 1 nitrogen and oxygen atoms in total. The molecule has 98 valence electrons. The van der Waals surface area contributed by atoms with Crippen molar-refractivity contribution in [3.63, 3.8) is 0 Å². The molecule has 0 radical (unpaired) electrons. The lowest BCUT2D eigenvalue weighted by Crippen LogP contribution is -2.39. The second kappa shape index (κ2) is 12.8. The third kappa shape index (κ3) is 8.96. The van der Waals surface area contributed by atoms with E-state index >= 15 is 0 Å². The van der Waals surface area contributed by atoms with E-state index in [9.17, 15) is 0 Å². The molecule has 1 fully saturated rings. The molecule has 2 atom stereocenters. The topological polar surface area (TPSA) is 3.24 Å². The van der Waals surface area contributed by atoms with Gasteiger partial charge in [0.05, 0.1) is 0 Å². The first-order valence-electron chi connectivity index (χ1n) is 6.97. The average molecular weight is 227 g/mol. The van der Waals surface area contributed by atoms with Gasteiger partial charge in [-0.2, -0.15) is 0 Å². The van der Waals surface area contributed by atoms with Crippen LogP contribution in [0.5, 0.6) is 0 Å². The Morgan fingerprint density at radius 2 is 1.75 bits per heavy atom. The molecule has 0 aromatic heterocycles. The van der Waals surface area contributed by atoms with Crippen molar-refractivity contribution in [1.29, 1.82) is 0 Å². The number of hydrogen-bond acceptors (Lipinski definition) is 1. The van der Waals surface area contributed by atoms with Crippen molar-refractivity contribution in [1.82, 2.24) is 4.90 Å². The zero-order valence-corrected chi connectivity index (χ0v) is 12.4. The number of likely N-dealkylation sites (tertiary alicyclic amines) is 1. The third-order valence-corrected chi connectivity index (χ3v) is 2.85. The second-order valence-electron chi connectivity index (χ2n) is 4.38. The van der Waals surface area contributed by atoms with Crippen molar-refractivity contribution in [3.8, 4) is 0 Å². The fourth-order valence-electron chi connectivity index (χ4n) is 2.15. The molecule has 0 saturated carbocycles. The Morgan fingerprint density at radius 1 is 1.25 bits per heavy atom. The van der Waals surface area contributed by atoms with Crippen molar-refractivity contribution >= 4 is 0 Å². The summed E-state index contributed by atoms with van der Waals surface area (Å²) in [5.74, 6) is 1.90. The molecule has 0 spiro atoms. The average Bonchev–Trinajstić information content (AvgIpc) is 2.31. The molecule has 1 rings (SSSR count). The first kappa shape index (κ1) is 18.1. The van der Waals surface area contributed by atoms with Crippen LogP contribution in [-0.2, 0) is 0 Å². The van der Waals surface area contributed by atoms with Gasteiger partial charge < -0.3 is 4.90 Å². The van der Waals surface area contributed by atoms with Gasteiger partial charge in [0.2, 0.25) is 0 Å². The summed E-state index contributed by atoms with van der Waals surface area (Å²) in [7, 11) is 0. The maximum absolute atomic E-state index is 3.36. The smallest absolute Gasteiger partial charge is 0.000966 e. The molecule has 0 aliphatic carbocycles. The highest BCUT2D eigenvalue weighted by atomic mass is 15.1. The molecule has 16 heavy (non-hydrogen) atoms. The van der Waals surface area contributed by atoms with Gasteiger partial charge >= 0.3 is 0 Å². The van der Waals surface area contributed by atoms with Crippen molar-refractivity contribution in [3.05, 3.63) is 12.7 Å². The number of hydrogen-bond donors (Lipinski definition) is 0. The minimum absolute atomic E-state index is 0.925. The van der Waals surface area contributed by atoms with E-state index in [4.69, 9.17) is 0 Å². The van der Waals surface area contributed by atoms with Crippen molar-refractivity contribution in [2.75, 3.05) is 19.6 Å². The molecule has 0 aromatic carbocycles. The lowest BCUT2D eigenvalue weighted by Gasteiger charge is -2.35. The number of piperidine rings is 1. The summed E-state index contributed by atoms with van der Waals surface area (Å²) in [5.41, 5.74) is 0. The summed E-state index contributed by atoms with van der Waals surface area (Å²) in [6, 6.07) is 0. The third-order valence-electron chi connectivity index (χ3n) is 2.85. The lowest BCUT2D eigenvalue weighted by atomic mass is 9.89. The van der Waals surface area contributed by atoms with Gasteiger partial charge in [-0.05, 0) is 31.7 Å². The highest BCUT2D eigenvalue weighted by molar-refractivity contribution is 4.75. The Kier molecular flexibility index (Phi) is 14.4. The van der Waals surface area contributed by atoms with Crippen LogP contribution in [0.4, 0.5) is 0 Å². The molecule has 1 aliphatic heterocycles. The lowest BCUT2D eigenvalue weighted by molar-refractivity contribution is 0.136. The predicted molar refractivity (Wildman–Crippen MR) is 76.9 cm³/mol. The fourth-order valence-corrected chi connectivity index (χ4v) is 2.15. The predicted octanol–water partition coefficient (Wildman–Crippen LogP) is 4.59. The first-order chi connectivity index (χ1) is 7.67. The quantitative estimate of drug-likeness (QED) is 0.624. The SMILES string of the molecule is C=CC.CC.CCC1CC(C)CN(CC)C1. The molecule has 0 N–H and O–H groups in total. The van der Waals surface area contributed by atoms with Gasteiger partial charge in [0, 0.05) is 13.1 Å². The van der Waals surface area contributed by atoms with Crippen molar-refractivity contribution in [2.24, 2.45) is 11.8 Å². The summed E-state index contributed by atoms with van der Waals surface area (Å²) in [4.78, 5) is 2.59. The van der Waals surface area contributed by atoms with E-state index in [0.29, 0.717) is 0 Å². The van der Waals surface area contributed by atoms with E-state index in [-0.39, 0.29) is 0 Å². The Bertz CT molecular complexity index is 130. The molecule has 0 aromatic rings. The second-order valence-corrected chi connectivity index (χ2v) is 4.38. The molecule has 0 bridgehead atoms. The molecule has 0 amide bonds. The van der Waals surface area contributed by atoms with Crippen LogP contribution in [0, 0.1) is 11.8 Å². The highest BCUT2D eigenvalue weighted by Gasteiger charge is 2.21. The van der Waals surface area contributed by atoms with Crippen molar-refractivity contribution in [2.45, 2.75) is 54.4 Å². The van der Waals surface area contributed by atoms with Gasteiger partial charge in [0.1, 0.15) is 0 Å². The zero-order valence-electron chi connectivity index (χ0n) is 12.4. The van der Waals surface area contributed by atoms with Crippen LogP contribution in [0.15, 0.2) is 12.7 Å². The summed E-state index contributed by atoms with van der Waals surface area (Å²) in [6.45, 7) is 20.1. The molecular formula is C15H33N. The molecule has 1 heterocycles. The highest BCUT2D eigenvalue weighted by Crippen LogP contribution is 2.23. The monoisotopic (exact) mass is 227 g/mol. The standard InChI is InChI=1S/C10H21N.C3H6.C2H6/c1-4-10-6-9(3)7-11(5-2)8-10;1-3-2;1-2/h9-10H,4-8H2,1-3H3;3H,1H2,2H3;1-2H3. The minimum atomic E-state index is 0.925. The molecular weight excluding hydrogens is 194 g/mol. The van der Waals surface area contributed by atoms with Crippen LogP contribution < -0.4 is 0 Å². The molecule has 1 saturated heterocycles. The van der Waals surface area contributed by atoms with Crippen LogP contribution in [0.3, 0.4) is 0 Å². The minimum Gasteiger partial charge on any atom is -0.303 e. The Hall–Kier alpha value is -0.300. The Labute approximate surface area is 104 Å². The summed E-state index contributed by atoms with van der Waals surface area (Å²) in [5, 5.41) is 0. The largest absolute Gasteiger partial charge is 0.303 e. The number of allylic oxidation sites excluding steroid dienone is 1. The van der Waals surface area contributed by atoms with Gasteiger partial charge in [0.25, 0.3) is 0 Å². The molecule has 1 aliphatic rings. The first-order valence-corrected chi connectivity index (χ1v) is 6.97. The van der Waals surface area contributed by atoms with Gasteiger partial charge in [-0.25, -0.2) is 0 Å². The van der Waals surface area contributed by atoms with E-state index < -0.39 is 0 Å². The Balaban J connectivity index is 0. The van der Waals surface area contributed by atoms with Crippen LogP contribution in [0.2, 0.25) is 0 Å². The van der Waals surface area contributed by atoms with E-state index in [2.05, 4.69) is 32.3 Å². The summed E-state index contributed by atoms with van der Waals surface area (Å²) >= 11 is 0. The Morgan fingerprint density at radius 3 is 2.12 bits per heavy atom. The fraction of sp³-hybridized carbons (Fsp3) is 0.867. The maximum atomic E-state index is 3.36. The van der Waals surface area contributed by atoms with E-state index in [1.165, 1.54) is 32.5 Å². The van der Waals surface area contributed by atoms with Gasteiger partial charge in [-0.3, -0.25) is 0 Å². The number of rotatable bonds is 2. The molecule has 1 heteroatoms. The van der Waals surface area contributed by atoms with Crippen LogP contribution in [0.1, 0.15) is 54.4 Å². The summed E-state index contributed by atoms with van der Waals surface area (Å²) in [6.07, 6.45) is 4.56. The van der Waals surface area contributed by atoms with E-state index in [0.717, 1.165) is 11.8 Å². The number of nitrogens with zero attached hydrogens (tertiary/aromatic N) is 1. The molecule has 2 unspecified atom stereocenters. The van der Waals surface area contributed by atoms with Gasteiger partial charge in [-0.15, -0.1) is 6.58 Å². The summed E-state index contributed by atoms with van der Waals surface area (Å²) < 4.78 is 0. The van der Waals surface area contributed by atoms with Gasteiger partial charge in [-0.1, -0.05) is 47.1 Å². The van der Waals surface area contributed by atoms with E-state index in [1.54, 1.807) is 6.08 Å². The zero-order chi connectivity index (χ0) is 13.0. The maximum Gasteiger partial charge on any atom is 0.000966 e. The normalized spacial score (nSPS) is 24.6.